The van der Waals surface area contributed by atoms with Gasteiger partial charge >= 0.3 is 0 Å². The van der Waals surface area contributed by atoms with Gasteiger partial charge in [0.15, 0.2) is 0 Å². The summed E-state index contributed by atoms with van der Waals surface area (Å²) in [6.45, 7) is 4.39. The number of thiophene rings is 1. The second-order valence-electron chi connectivity index (χ2n) is 4.39. The molecule has 0 bridgehead atoms. The number of aliphatic hydroxyl groups excluding tert-OH is 1. The molecule has 0 radical (unpaired) electrons. The number of hydrogen-bond acceptors (Lipinski definition) is 4. The molecule has 0 saturated carbocycles. The lowest BCUT2D eigenvalue weighted by molar-refractivity contribution is -0.133. The Hall–Kier alpha value is -1.40. The minimum absolute atomic E-state index is 0.0487. The van der Waals surface area contributed by atoms with Crippen LogP contribution in [0.25, 0.3) is 0 Å². The van der Waals surface area contributed by atoms with Crippen molar-refractivity contribution in [2.24, 2.45) is 0 Å². The van der Waals surface area contributed by atoms with E-state index in [1.807, 2.05) is 25.3 Å². The third-order valence-electron chi connectivity index (χ3n) is 2.65. The molecule has 0 fully saturated rings. The fourth-order valence-electron chi connectivity index (χ4n) is 1.70. The second-order valence-corrected chi connectivity index (χ2v) is 5.34. The summed E-state index contributed by atoms with van der Waals surface area (Å²) in [4.78, 5) is 25.8. The van der Waals surface area contributed by atoms with Crippen LogP contribution in [0.5, 0.6) is 0 Å². The number of aliphatic hydroxyl groups is 1. The summed E-state index contributed by atoms with van der Waals surface area (Å²) in [7, 11) is 0. The Kier molecular flexibility index (Phi) is 6.52. The lowest BCUT2D eigenvalue weighted by Gasteiger charge is -2.26. The summed E-state index contributed by atoms with van der Waals surface area (Å²) in [5.41, 5.74) is 0. The quantitative estimate of drug-likeness (QED) is 0.787. The molecule has 0 aliphatic heterocycles. The molecular weight excluding hydrogens is 264 g/mol. The molecule has 0 saturated heterocycles. The molecule has 5 nitrogen and oxygen atoms in total. The third-order valence-corrected chi connectivity index (χ3v) is 3.52. The lowest BCUT2D eigenvalue weighted by atomic mass is 10.2. The molecule has 6 heteroatoms. The molecule has 0 aliphatic rings. The van der Waals surface area contributed by atoms with Crippen LogP contribution in [0, 0.1) is 0 Å². The number of hydrogen-bond donors (Lipinski definition) is 2. The Bertz CT molecular complexity index is 404. The fourth-order valence-corrected chi connectivity index (χ4v) is 2.34. The monoisotopic (exact) mass is 284 g/mol. The Morgan fingerprint density at radius 2 is 2.21 bits per heavy atom. The number of carbonyl (C=O) groups excluding carboxylic acids is 2. The SMILES string of the molecule is CC(C)N(CCO)C(=O)CCNC(=O)c1cccs1. The maximum absolute atomic E-state index is 11.9. The first kappa shape index (κ1) is 15.7. The first-order chi connectivity index (χ1) is 9.06. The van der Waals surface area contributed by atoms with Crippen LogP contribution in [-0.2, 0) is 4.79 Å². The van der Waals surface area contributed by atoms with Crippen LogP contribution in [0.3, 0.4) is 0 Å². The smallest absolute Gasteiger partial charge is 0.261 e. The molecule has 2 amide bonds. The summed E-state index contributed by atoms with van der Waals surface area (Å²) >= 11 is 1.37. The van der Waals surface area contributed by atoms with E-state index < -0.39 is 0 Å². The zero-order chi connectivity index (χ0) is 14.3. The van der Waals surface area contributed by atoms with Gasteiger partial charge in [-0.05, 0) is 25.3 Å². The summed E-state index contributed by atoms with van der Waals surface area (Å²) in [5.74, 6) is -0.211. The van der Waals surface area contributed by atoms with E-state index in [0.717, 1.165) is 0 Å². The molecule has 1 aromatic rings. The number of amides is 2. The Morgan fingerprint density at radius 3 is 2.74 bits per heavy atom. The Balaban J connectivity index is 2.35. The highest BCUT2D eigenvalue weighted by molar-refractivity contribution is 7.12. The van der Waals surface area contributed by atoms with Gasteiger partial charge in [0.1, 0.15) is 0 Å². The van der Waals surface area contributed by atoms with Gasteiger partial charge in [-0.1, -0.05) is 6.07 Å². The van der Waals surface area contributed by atoms with Gasteiger partial charge < -0.3 is 15.3 Å². The normalized spacial score (nSPS) is 10.5. The van der Waals surface area contributed by atoms with Gasteiger partial charge in [-0.25, -0.2) is 0 Å². The van der Waals surface area contributed by atoms with Crippen molar-refractivity contribution in [3.63, 3.8) is 0 Å². The average Bonchev–Trinajstić information content (AvgIpc) is 2.89. The van der Waals surface area contributed by atoms with Gasteiger partial charge in [-0.3, -0.25) is 9.59 Å². The minimum atomic E-state index is -0.152. The van der Waals surface area contributed by atoms with Crippen LogP contribution in [-0.4, -0.2) is 47.6 Å². The van der Waals surface area contributed by atoms with Crippen molar-refractivity contribution in [3.8, 4) is 0 Å². The predicted octanol–water partition coefficient (Wildman–Crippen LogP) is 1.10. The molecule has 0 aliphatic carbocycles. The van der Waals surface area contributed by atoms with Crippen LogP contribution in [0.15, 0.2) is 17.5 Å². The van der Waals surface area contributed by atoms with Gasteiger partial charge in [-0.2, -0.15) is 0 Å². The second kappa shape index (κ2) is 7.91. The number of nitrogens with one attached hydrogen (secondary N) is 1. The summed E-state index contributed by atoms with van der Waals surface area (Å²) < 4.78 is 0. The van der Waals surface area contributed by atoms with Crippen molar-refractivity contribution in [1.29, 1.82) is 0 Å². The van der Waals surface area contributed by atoms with Gasteiger partial charge in [0.2, 0.25) is 5.91 Å². The number of nitrogens with zero attached hydrogens (tertiary/aromatic N) is 1. The van der Waals surface area contributed by atoms with Crippen molar-refractivity contribution in [2.45, 2.75) is 26.3 Å². The van der Waals surface area contributed by atoms with E-state index >= 15 is 0 Å². The van der Waals surface area contributed by atoms with Gasteiger partial charge in [0.25, 0.3) is 5.91 Å². The van der Waals surface area contributed by atoms with Crippen molar-refractivity contribution < 1.29 is 14.7 Å². The molecule has 2 N–H and O–H groups in total. The standard InChI is InChI=1S/C13H20N2O3S/c1-10(2)15(7-8-16)12(17)5-6-14-13(18)11-4-3-9-19-11/h3-4,9-10,16H,5-8H2,1-2H3,(H,14,18). The first-order valence-corrected chi connectivity index (χ1v) is 7.16. The third kappa shape index (κ3) is 5.00. The van der Waals surface area contributed by atoms with Crippen molar-refractivity contribution in [2.75, 3.05) is 19.7 Å². The molecule has 0 unspecified atom stereocenters. The highest BCUT2D eigenvalue weighted by atomic mass is 32.1. The van der Waals surface area contributed by atoms with Crippen LogP contribution >= 0.6 is 11.3 Å². The Labute approximate surface area is 117 Å². The average molecular weight is 284 g/mol. The van der Waals surface area contributed by atoms with Crippen molar-refractivity contribution >= 4 is 23.2 Å². The van der Waals surface area contributed by atoms with Crippen LogP contribution in [0.4, 0.5) is 0 Å². The summed E-state index contributed by atoms with van der Waals surface area (Å²) in [6, 6.07) is 3.60. The van der Waals surface area contributed by atoms with Gasteiger partial charge in [-0.15, -0.1) is 11.3 Å². The highest BCUT2D eigenvalue weighted by Crippen LogP contribution is 2.07. The molecule has 0 spiro atoms. The lowest BCUT2D eigenvalue weighted by Crippen LogP contribution is -2.40. The van der Waals surface area contributed by atoms with Crippen LogP contribution in [0.1, 0.15) is 29.9 Å². The van der Waals surface area contributed by atoms with Gasteiger partial charge in [0.05, 0.1) is 11.5 Å². The predicted molar refractivity (Wildman–Crippen MR) is 75.2 cm³/mol. The van der Waals surface area contributed by atoms with Gasteiger partial charge in [0, 0.05) is 25.6 Å². The Morgan fingerprint density at radius 1 is 1.47 bits per heavy atom. The molecule has 0 atom stereocenters. The molecule has 1 heterocycles. The first-order valence-electron chi connectivity index (χ1n) is 6.28. The maximum Gasteiger partial charge on any atom is 0.261 e. The van der Waals surface area contributed by atoms with E-state index in [4.69, 9.17) is 5.11 Å². The van der Waals surface area contributed by atoms with E-state index in [2.05, 4.69) is 5.32 Å². The van der Waals surface area contributed by atoms with E-state index in [9.17, 15) is 9.59 Å². The zero-order valence-electron chi connectivity index (χ0n) is 11.3. The van der Waals surface area contributed by atoms with E-state index in [-0.39, 0.29) is 30.9 Å². The van der Waals surface area contributed by atoms with E-state index in [1.54, 1.807) is 11.0 Å². The molecule has 19 heavy (non-hydrogen) atoms. The summed E-state index contributed by atoms with van der Waals surface area (Å²) in [5, 5.41) is 13.5. The summed E-state index contributed by atoms with van der Waals surface area (Å²) in [6.07, 6.45) is 0.245. The number of carbonyl (C=O) groups is 2. The fraction of sp³-hybridized carbons (Fsp3) is 0.538. The van der Waals surface area contributed by atoms with E-state index in [0.29, 0.717) is 18.0 Å². The van der Waals surface area contributed by atoms with Crippen molar-refractivity contribution in [3.05, 3.63) is 22.4 Å². The van der Waals surface area contributed by atoms with Crippen molar-refractivity contribution in [1.82, 2.24) is 10.2 Å². The van der Waals surface area contributed by atoms with Crippen LogP contribution in [0.2, 0.25) is 0 Å². The molecule has 0 aromatic carbocycles. The highest BCUT2D eigenvalue weighted by Gasteiger charge is 2.16. The zero-order valence-corrected chi connectivity index (χ0v) is 12.1. The van der Waals surface area contributed by atoms with E-state index in [1.165, 1.54) is 11.3 Å². The number of rotatable bonds is 7. The molecular formula is C13H20N2O3S. The molecule has 1 aromatic heterocycles. The topological polar surface area (TPSA) is 69.6 Å². The minimum Gasteiger partial charge on any atom is -0.395 e. The molecule has 106 valence electrons. The largest absolute Gasteiger partial charge is 0.395 e. The van der Waals surface area contributed by atoms with Crippen LogP contribution < -0.4 is 5.32 Å². The molecule has 1 rings (SSSR count). The maximum atomic E-state index is 11.9.